The molecule has 0 aromatic rings. The molecule has 0 spiro atoms. The lowest BCUT2D eigenvalue weighted by Gasteiger charge is -2.19. The monoisotopic (exact) mass is 338 g/mol. The van der Waals surface area contributed by atoms with Gasteiger partial charge in [-0.3, -0.25) is 9.59 Å². The summed E-state index contributed by atoms with van der Waals surface area (Å²) in [4.78, 5) is 22.6. The summed E-state index contributed by atoms with van der Waals surface area (Å²) in [6.07, 6.45) is 14.3. The van der Waals surface area contributed by atoms with Gasteiger partial charge in [0.15, 0.2) is 0 Å². The quantitative estimate of drug-likeness (QED) is 0.383. The van der Waals surface area contributed by atoms with Gasteiger partial charge in [0.05, 0.1) is 6.10 Å². The molecule has 2 N–H and O–H groups in total. The molecule has 1 aliphatic carbocycles. The molecule has 0 saturated heterocycles. The van der Waals surface area contributed by atoms with Gasteiger partial charge in [-0.05, 0) is 38.0 Å². The smallest absolute Gasteiger partial charge is 0.303 e. The highest BCUT2D eigenvalue weighted by Crippen LogP contribution is 2.35. The number of hydrogen-bond acceptors (Lipinski definition) is 3. The Morgan fingerprint density at radius 1 is 1.12 bits per heavy atom. The number of allylic oxidation sites excluding steroid dienone is 2. The van der Waals surface area contributed by atoms with Gasteiger partial charge in [0, 0.05) is 18.8 Å². The van der Waals surface area contributed by atoms with Crippen molar-refractivity contribution in [2.45, 2.75) is 90.1 Å². The number of aliphatic carboxylic acids is 1. The van der Waals surface area contributed by atoms with E-state index in [2.05, 4.69) is 19.1 Å². The standard InChI is InChI=1S/C20H34O4/c1-2-3-4-5-6-9-12-16-17(19(22)15-18(16)21)13-10-7-8-11-14-20(23)24/h6,9,16-18,21H,2-5,7-8,10-15H2,1H3,(H,23,24). The van der Waals surface area contributed by atoms with E-state index >= 15 is 0 Å². The van der Waals surface area contributed by atoms with Crippen molar-refractivity contribution in [1.29, 1.82) is 0 Å². The molecule has 1 aliphatic rings. The van der Waals surface area contributed by atoms with E-state index in [1.165, 1.54) is 19.3 Å². The number of Topliss-reactive ketones (excluding diaryl/α,β-unsaturated/α-hetero) is 1. The molecule has 0 radical (unpaired) electrons. The summed E-state index contributed by atoms with van der Waals surface area (Å²) in [5, 5.41) is 18.8. The fourth-order valence-electron chi connectivity index (χ4n) is 3.59. The number of hydrogen-bond donors (Lipinski definition) is 2. The fraction of sp³-hybridized carbons (Fsp3) is 0.800. The number of rotatable bonds is 13. The first-order valence-electron chi connectivity index (χ1n) is 9.63. The maximum absolute atomic E-state index is 12.1. The zero-order valence-corrected chi connectivity index (χ0v) is 15.1. The van der Waals surface area contributed by atoms with E-state index in [9.17, 15) is 14.7 Å². The highest BCUT2D eigenvalue weighted by molar-refractivity contribution is 5.84. The lowest BCUT2D eigenvalue weighted by atomic mass is 9.86. The Kier molecular flexibility index (Phi) is 10.6. The SMILES string of the molecule is CCCCCC=CCC1C(O)CC(=O)C1CCCCCCC(=O)O. The second-order valence-electron chi connectivity index (χ2n) is 7.06. The van der Waals surface area contributed by atoms with Gasteiger partial charge < -0.3 is 10.2 Å². The molecule has 0 bridgehead atoms. The molecule has 0 aromatic carbocycles. The van der Waals surface area contributed by atoms with Crippen LogP contribution in [0.3, 0.4) is 0 Å². The number of aliphatic hydroxyl groups is 1. The lowest BCUT2D eigenvalue weighted by molar-refractivity contribution is -0.137. The van der Waals surface area contributed by atoms with Crippen LogP contribution in [0.1, 0.15) is 84.0 Å². The zero-order chi connectivity index (χ0) is 17.8. The van der Waals surface area contributed by atoms with Crippen LogP contribution in [0.25, 0.3) is 0 Å². The Balaban J connectivity index is 2.29. The summed E-state index contributed by atoms with van der Waals surface area (Å²) in [5.74, 6) is -0.481. The van der Waals surface area contributed by atoms with Crippen LogP contribution in [0.15, 0.2) is 12.2 Å². The summed E-state index contributed by atoms with van der Waals surface area (Å²) in [5.41, 5.74) is 0. The van der Waals surface area contributed by atoms with Crippen LogP contribution >= 0.6 is 0 Å². The fourth-order valence-corrected chi connectivity index (χ4v) is 3.59. The van der Waals surface area contributed by atoms with Crippen LogP contribution in [-0.4, -0.2) is 28.1 Å². The molecule has 0 aliphatic heterocycles. The number of aliphatic hydroxyl groups excluding tert-OH is 1. The Hall–Kier alpha value is -1.16. The van der Waals surface area contributed by atoms with E-state index in [1.54, 1.807) is 0 Å². The van der Waals surface area contributed by atoms with Crippen LogP contribution in [-0.2, 0) is 9.59 Å². The first-order chi connectivity index (χ1) is 11.6. The summed E-state index contributed by atoms with van der Waals surface area (Å²) < 4.78 is 0. The third kappa shape index (κ3) is 8.09. The predicted molar refractivity (Wildman–Crippen MR) is 95.8 cm³/mol. The molecule has 0 amide bonds. The first kappa shape index (κ1) is 20.9. The first-order valence-corrected chi connectivity index (χ1v) is 9.63. The van der Waals surface area contributed by atoms with Crippen LogP contribution in [0.4, 0.5) is 0 Å². The number of carbonyl (C=O) groups is 2. The summed E-state index contributed by atoms with van der Waals surface area (Å²) in [6, 6.07) is 0. The van der Waals surface area contributed by atoms with Crippen molar-refractivity contribution in [3.63, 3.8) is 0 Å². The van der Waals surface area contributed by atoms with E-state index < -0.39 is 12.1 Å². The van der Waals surface area contributed by atoms with Crippen LogP contribution < -0.4 is 0 Å². The molecule has 4 heteroatoms. The summed E-state index contributed by atoms with van der Waals surface area (Å²) in [7, 11) is 0. The third-order valence-corrected chi connectivity index (χ3v) is 5.04. The highest BCUT2D eigenvalue weighted by atomic mass is 16.4. The molecule has 24 heavy (non-hydrogen) atoms. The van der Waals surface area contributed by atoms with Crippen molar-refractivity contribution in [2.75, 3.05) is 0 Å². The van der Waals surface area contributed by atoms with E-state index in [0.29, 0.717) is 12.8 Å². The minimum absolute atomic E-state index is 0.0141. The lowest BCUT2D eigenvalue weighted by Crippen LogP contribution is -2.20. The Morgan fingerprint density at radius 3 is 2.58 bits per heavy atom. The average molecular weight is 338 g/mol. The molecule has 1 rings (SSSR count). The number of carboxylic acid groups (broad SMARTS) is 1. The van der Waals surface area contributed by atoms with Gasteiger partial charge in [-0.25, -0.2) is 0 Å². The Labute approximate surface area is 146 Å². The molecule has 138 valence electrons. The summed E-state index contributed by atoms with van der Waals surface area (Å²) in [6.45, 7) is 2.19. The van der Waals surface area contributed by atoms with Crippen molar-refractivity contribution >= 4 is 11.8 Å². The van der Waals surface area contributed by atoms with Crippen molar-refractivity contribution in [2.24, 2.45) is 11.8 Å². The van der Waals surface area contributed by atoms with Crippen molar-refractivity contribution < 1.29 is 19.8 Å². The van der Waals surface area contributed by atoms with Crippen molar-refractivity contribution in [1.82, 2.24) is 0 Å². The highest BCUT2D eigenvalue weighted by Gasteiger charge is 2.39. The van der Waals surface area contributed by atoms with Gasteiger partial charge >= 0.3 is 5.97 Å². The van der Waals surface area contributed by atoms with Crippen molar-refractivity contribution in [3.05, 3.63) is 12.2 Å². The number of carbonyl (C=O) groups excluding carboxylic acids is 1. The molecule has 0 aromatic heterocycles. The zero-order valence-electron chi connectivity index (χ0n) is 15.1. The Morgan fingerprint density at radius 2 is 1.88 bits per heavy atom. The van der Waals surface area contributed by atoms with Crippen LogP contribution in [0.5, 0.6) is 0 Å². The van der Waals surface area contributed by atoms with Crippen LogP contribution in [0.2, 0.25) is 0 Å². The number of ketones is 1. The van der Waals surface area contributed by atoms with Gasteiger partial charge in [0.1, 0.15) is 5.78 Å². The van der Waals surface area contributed by atoms with Crippen molar-refractivity contribution in [3.8, 4) is 0 Å². The van der Waals surface area contributed by atoms with Gasteiger partial charge in [0.2, 0.25) is 0 Å². The molecule has 3 atom stereocenters. The molecule has 1 fully saturated rings. The number of unbranched alkanes of at least 4 members (excludes halogenated alkanes) is 6. The van der Waals surface area contributed by atoms with E-state index in [4.69, 9.17) is 5.11 Å². The van der Waals surface area contributed by atoms with E-state index in [-0.39, 0.29) is 24.0 Å². The average Bonchev–Trinajstić information content (AvgIpc) is 2.80. The molecule has 4 nitrogen and oxygen atoms in total. The molecule has 0 heterocycles. The maximum atomic E-state index is 12.1. The van der Waals surface area contributed by atoms with E-state index in [1.807, 2.05) is 0 Å². The molecular weight excluding hydrogens is 304 g/mol. The van der Waals surface area contributed by atoms with Gasteiger partial charge in [0.25, 0.3) is 0 Å². The minimum atomic E-state index is -0.741. The van der Waals surface area contributed by atoms with Gasteiger partial charge in [-0.1, -0.05) is 51.2 Å². The number of carboxylic acids is 1. The van der Waals surface area contributed by atoms with E-state index in [0.717, 1.165) is 38.5 Å². The largest absolute Gasteiger partial charge is 0.481 e. The van der Waals surface area contributed by atoms with Gasteiger partial charge in [-0.15, -0.1) is 0 Å². The molecule has 3 unspecified atom stereocenters. The molecule has 1 saturated carbocycles. The molecular formula is C20H34O4. The normalized spacial score (nSPS) is 24.1. The predicted octanol–water partition coefficient (Wildman–Crippen LogP) is 4.50. The Bertz CT molecular complexity index is 402. The van der Waals surface area contributed by atoms with Gasteiger partial charge in [-0.2, -0.15) is 0 Å². The minimum Gasteiger partial charge on any atom is -0.481 e. The second-order valence-corrected chi connectivity index (χ2v) is 7.06. The van der Waals surface area contributed by atoms with Crippen LogP contribution in [0, 0.1) is 11.8 Å². The third-order valence-electron chi connectivity index (χ3n) is 5.04. The maximum Gasteiger partial charge on any atom is 0.303 e. The summed E-state index contributed by atoms with van der Waals surface area (Å²) >= 11 is 0. The topological polar surface area (TPSA) is 74.6 Å². The second kappa shape index (κ2) is 12.2.